The molecule has 1 unspecified atom stereocenters. The number of aromatic nitrogens is 1. The van der Waals surface area contributed by atoms with Gasteiger partial charge in [0.25, 0.3) is 0 Å². The molecular formula is C17H22ClN3O. The lowest BCUT2D eigenvalue weighted by Gasteiger charge is -2.15. The largest absolute Gasteiger partial charge is 0.384 e. The summed E-state index contributed by atoms with van der Waals surface area (Å²) < 4.78 is 0. The highest BCUT2D eigenvalue weighted by Gasteiger charge is 2.14. The highest BCUT2D eigenvalue weighted by atomic mass is 35.5. The van der Waals surface area contributed by atoms with Crippen molar-refractivity contribution < 1.29 is 4.79 Å². The summed E-state index contributed by atoms with van der Waals surface area (Å²) in [5.41, 5.74) is 8.63. The number of nitrogens with two attached hydrogens (primary N) is 1. The fourth-order valence-electron chi connectivity index (χ4n) is 2.25. The van der Waals surface area contributed by atoms with Crippen LogP contribution in [0, 0.1) is 6.92 Å². The molecule has 1 aromatic carbocycles. The predicted octanol–water partition coefficient (Wildman–Crippen LogP) is 3.92. The molecule has 0 saturated carbocycles. The Morgan fingerprint density at radius 1 is 1.23 bits per heavy atom. The third-order valence-corrected chi connectivity index (χ3v) is 3.54. The van der Waals surface area contributed by atoms with Crippen molar-refractivity contribution in [3.05, 3.63) is 53.7 Å². The number of amides is 1. The third kappa shape index (κ3) is 5.04. The van der Waals surface area contributed by atoms with E-state index in [2.05, 4.69) is 48.4 Å². The number of pyridine rings is 1. The molecule has 0 aliphatic carbocycles. The molecule has 0 spiro atoms. The van der Waals surface area contributed by atoms with Gasteiger partial charge in [-0.2, -0.15) is 0 Å². The molecule has 1 amide bonds. The van der Waals surface area contributed by atoms with Crippen molar-refractivity contribution in [2.24, 2.45) is 0 Å². The molecule has 0 aliphatic heterocycles. The minimum atomic E-state index is -0.00556. The van der Waals surface area contributed by atoms with E-state index in [-0.39, 0.29) is 24.2 Å². The molecular weight excluding hydrogens is 298 g/mol. The topological polar surface area (TPSA) is 68.0 Å². The number of hydrogen-bond donors (Lipinski definition) is 2. The van der Waals surface area contributed by atoms with Crippen LogP contribution in [0.4, 0.5) is 11.5 Å². The van der Waals surface area contributed by atoms with E-state index in [0.29, 0.717) is 17.9 Å². The average Bonchev–Trinajstić information content (AvgIpc) is 2.48. The van der Waals surface area contributed by atoms with Crippen molar-refractivity contribution in [1.29, 1.82) is 0 Å². The maximum atomic E-state index is 12.1. The number of nitrogen functional groups attached to an aromatic ring is 1. The molecule has 0 aliphatic rings. The lowest BCUT2D eigenvalue weighted by molar-refractivity contribution is -0.116. The first-order valence-corrected chi connectivity index (χ1v) is 7.16. The van der Waals surface area contributed by atoms with Gasteiger partial charge in [0.2, 0.25) is 5.91 Å². The molecule has 4 nitrogen and oxygen atoms in total. The van der Waals surface area contributed by atoms with Gasteiger partial charge in [0.05, 0.1) is 11.9 Å². The predicted molar refractivity (Wildman–Crippen MR) is 93.4 cm³/mol. The van der Waals surface area contributed by atoms with E-state index in [1.165, 1.54) is 11.1 Å². The number of aryl methyl sites for hydroxylation is 1. The molecule has 2 aromatic rings. The van der Waals surface area contributed by atoms with Crippen LogP contribution in [0.2, 0.25) is 0 Å². The minimum Gasteiger partial charge on any atom is -0.384 e. The van der Waals surface area contributed by atoms with E-state index in [0.717, 1.165) is 6.42 Å². The Morgan fingerprint density at radius 3 is 2.45 bits per heavy atom. The maximum Gasteiger partial charge on any atom is 0.225 e. The number of nitrogens with zero attached hydrogens (tertiary/aromatic N) is 1. The van der Waals surface area contributed by atoms with Crippen molar-refractivity contribution >= 4 is 29.8 Å². The van der Waals surface area contributed by atoms with Crippen LogP contribution in [-0.2, 0) is 4.79 Å². The summed E-state index contributed by atoms with van der Waals surface area (Å²) in [5.74, 6) is 0.667. The Labute approximate surface area is 137 Å². The summed E-state index contributed by atoms with van der Waals surface area (Å²) in [5, 5.41) is 2.86. The van der Waals surface area contributed by atoms with Crippen LogP contribution < -0.4 is 11.1 Å². The molecule has 2 rings (SSSR count). The number of benzene rings is 1. The Kier molecular flexibility index (Phi) is 6.86. The monoisotopic (exact) mass is 319 g/mol. The van der Waals surface area contributed by atoms with Gasteiger partial charge >= 0.3 is 0 Å². The molecule has 22 heavy (non-hydrogen) atoms. The second kappa shape index (κ2) is 8.39. The summed E-state index contributed by atoms with van der Waals surface area (Å²) in [4.78, 5) is 16.1. The molecule has 118 valence electrons. The molecule has 1 aromatic heterocycles. The van der Waals surface area contributed by atoms with Crippen molar-refractivity contribution in [3.8, 4) is 0 Å². The van der Waals surface area contributed by atoms with Crippen molar-refractivity contribution in [1.82, 2.24) is 4.98 Å². The molecule has 1 atom stereocenters. The summed E-state index contributed by atoms with van der Waals surface area (Å²) in [6, 6.07) is 11.8. The highest BCUT2D eigenvalue weighted by molar-refractivity contribution is 5.91. The highest BCUT2D eigenvalue weighted by Crippen LogP contribution is 2.24. The maximum absolute atomic E-state index is 12.1. The first-order valence-electron chi connectivity index (χ1n) is 7.16. The van der Waals surface area contributed by atoms with E-state index < -0.39 is 0 Å². The van der Waals surface area contributed by atoms with Crippen LogP contribution in [0.1, 0.15) is 36.8 Å². The lowest BCUT2D eigenvalue weighted by Crippen LogP contribution is -2.15. The molecule has 0 saturated heterocycles. The van der Waals surface area contributed by atoms with Gasteiger partial charge in [0, 0.05) is 6.42 Å². The Morgan fingerprint density at radius 2 is 1.91 bits per heavy atom. The van der Waals surface area contributed by atoms with Crippen LogP contribution in [0.3, 0.4) is 0 Å². The smallest absolute Gasteiger partial charge is 0.225 e. The van der Waals surface area contributed by atoms with Gasteiger partial charge in [0.15, 0.2) is 0 Å². The van der Waals surface area contributed by atoms with Gasteiger partial charge in [0.1, 0.15) is 5.82 Å². The first kappa shape index (κ1) is 18.0. The molecule has 1 heterocycles. The van der Waals surface area contributed by atoms with Crippen LogP contribution in [0.25, 0.3) is 0 Å². The van der Waals surface area contributed by atoms with Crippen LogP contribution in [0.15, 0.2) is 42.6 Å². The number of halogens is 1. The van der Waals surface area contributed by atoms with Gasteiger partial charge in [-0.1, -0.05) is 36.8 Å². The molecule has 3 N–H and O–H groups in total. The lowest BCUT2D eigenvalue weighted by atomic mass is 9.92. The molecule has 5 heteroatoms. The zero-order valence-corrected chi connectivity index (χ0v) is 13.7. The Hall–Kier alpha value is -2.07. The SMILES string of the molecule is CCC(CC(=O)Nc1ccc(N)nc1)c1ccc(C)cc1.Cl. The van der Waals surface area contributed by atoms with E-state index in [9.17, 15) is 4.79 Å². The minimum absolute atomic E-state index is 0. The number of hydrogen-bond acceptors (Lipinski definition) is 3. The number of anilines is 2. The summed E-state index contributed by atoms with van der Waals surface area (Å²) >= 11 is 0. The van der Waals surface area contributed by atoms with Crippen LogP contribution in [-0.4, -0.2) is 10.9 Å². The van der Waals surface area contributed by atoms with Crippen LogP contribution in [0.5, 0.6) is 0 Å². The van der Waals surface area contributed by atoms with Crippen LogP contribution >= 0.6 is 12.4 Å². The zero-order valence-electron chi connectivity index (χ0n) is 12.9. The average molecular weight is 320 g/mol. The van der Waals surface area contributed by atoms with E-state index in [1.54, 1.807) is 18.3 Å². The summed E-state index contributed by atoms with van der Waals surface area (Å²) in [7, 11) is 0. The summed E-state index contributed by atoms with van der Waals surface area (Å²) in [6.07, 6.45) is 2.96. The van der Waals surface area contributed by atoms with Gasteiger partial charge in [-0.15, -0.1) is 12.4 Å². The number of nitrogens with one attached hydrogen (secondary N) is 1. The second-order valence-electron chi connectivity index (χ2n) is 5.24. The molecule has 0 bridgehead atoms. The van der Waals surface area contributed by atoms with E-state index in [1.807, 2.05) is 0 Å². The molecule has 0 radical (unpaired) electrons. The number of carbonyl (C=O) groups excluding carboxylic acids is 1. The Balaban J connectivity index is 0.00000242. The first-order chi connectivity index (χ1) is 10.1. The molecule has 0 fully saturated rings. The standard InChI is InChI=1S/C17H21N3O.ClH/c1-3-13(14-6-4-12(2)5-7-14)10-17(21)20-15-8-9-16(18)19-11-15;/h4-9,11,13H,3,10H2,1-2H3,(H2,18,19)(H,20,21);1H. The Bertz CT molecular complexity index is 596. The van der Waals surface area contributed by atoms with Crippen molar-refractivity contribution in [3.63, 3.8) is 0 Å². The number of carbonyl (C=O) groups is 1. The quantitative estimate of drug-likeness (QED) is 0.877. The summed E-state index contributed by atoms with van der Waals surface area (Å²) in [6.45, 7) is 4.16. The normalized spacial score (nSPS) is 11.4. The van der Waals surface area contributed by atoms with Gasteiger partial charge in [-0.25, -0.2) is 4.98 Å². The van der Waals surface area contributed by atoms with E-state index in [4.69, 9.17) is 5.73 Å². The number of rotatable bonds is 5. The third-order valence-electron chi connectivity index (χ3n) is 3.54. The van der Waals surface area contributed by atoms with Gasteiger partial charge < -0.3 is 11.1 Å². The van der Waals surface area contributed by atoms with Crippen molar-refractivity contribution in [2.75, 3.05) is 11.1 Å². The fraction of sp³-hybridized carbons (Fsp3) is 0.294. The second-order valence-corrected chi connectivity index (χ2v) is 5.24. The zero-order chi connectivity index (χ0) is 15.2. The van der Waals surface area contributed by atoms with Gasteiger partial charge in [-0.05, 0) is 37.0 Å². The van der Waals surface area contributed by atoms with E-state index >= 15 is 0 Å². The van der Waals surface area contributed by atoms with Gasteiger partial charge in [-0.3, -0.25) is 4.79 Å². The van der Waals surface area contributed by atoms with Crippen molar-refractivity contribution in [2.45, 2.75) is 32.6 Å². The fourth-order valence-corrected chi connectivity index (χ4v) is 2.25.